The van der Waals surface area contributed by atoms with E-state index in [-0.39, 0.29) is 0 Å². The zero-order chi connectivity index (χ0) is 15.5. The summed E-state index contributed by atoms with van der Waals surface area (Å²) in [6.07, 6.45) is 4.73. The maximum Gasteiger partial charge on any atom is 0.240 e. The maximum absolute atomic E-state index is 12.5. The highest BCUT2D eigenvalue weighted by Crippen LogP contribution is 2.25. The summed E-state index contributed by atoms with van der Waals surface area (Å²) in [5.41, 5.74) is 2.97. The Hall–Kier alpha value is -0.910. The second kappa shape index (κ2) is 6.90. The SMILES string of the molecule is CNCc1cc(S(=O)(=O)NCC2CCCC2)c(C)cc1C. The van der Waals surface area contributed by atoms with Gasteiger partial charge in [0.05, 0.1) is 4.90 Å². The number of nitrogens with one attached hydrogen (secondary N) is 2. The predicted octanol–water partition coefficient (Wildman–Crippen LogP) is 2.49. The largest absolute Gasteiger partial charge is 0.316 e. The van der Waals surface area contributed by atoms with E-state index in [0.717, 1.165) is 29.5 Å². The van der Waals surface area contributed by atoms with Crippen LogP contribution in [0.25, 0.3) is 0 Å². The van der Waals surface area contributed by atoms with E-state index >= 15 is 0 Å². The summed E-state index contributed by atoms with van der Waals surface area (Å²) in [6, 6.07) is 3.76. The number of sulfonamides is 1. The lowest BCUT2D eigenvalue weighted by Crippen LogP contribution is -2.29. The van der Waals surface area contributed by atoms with Crippen molar-refractivity contribution >= 4 is 10.0 Å². The van der Waals surface area contributed by atoms with E-state index in [9.17, 15) is 8.42 Å². The van der Waals surface area contributed by atoms with Gasteiger partial charge in [-0.1, -0.05) is 18.9 Å². The number of benzene rings is 1. The average Bonchev–Trinajstić information content (AvgIpc) is 2.93. The predicted molar refractivity (Wildman–Crippen MR) is 85.8 cm³/mol. The average molecular weight is 310 g/mol. The third kappa shape index (κ3) is 4.05. The molecule has 1 aromatic rings. The van der Waals surface area contributed by atoms with Gasteiger partial charge in [-0.05, 0) is 62.4 Å². The van der Waals surface area contributed by atoms with Crippen LogP contribution >= 0.6 is 0 Å². The fraction of sp³-hybridized carbons (Fsp3) is 0.625. The van der Waals surface area contributed by atoms with Gasteiger partial charge in [0.25, 0.3) is 0 Å². The van der Waals surface area contributed by atoms with E-state index in [4.69, 9.17) is 0 Å². The first-order valence-electron chi connectivity index (χ1n) is 7.68. The highest BCUT2D eigenvalue weighted by Gasteiger charge is 2.21. The van der Waals surface area contributed by atoms with Crippen LogP contribution in [-0.2, 0) is 16.6 Å². The molecule has 2 rings (SSSR count). The molecule has 5 heteroatoms. The molecular formula is C16H26N2O2S. The van der Waals surface area contributed by atoms with Crippen LogP contribution in [0.15, 0.2) is 17.0 Å². The Morgan fingerprint density at radius 2 is 1.81 bits per heavy atom. The van der Waals surface area contributed by atoms with E-state index in [0.29, 0.717) is 23.9 Å². The van der Waals surface area contributed by atoms with E-state index in [2.05, 4.69) is 10.0 Å². The van der Waals surface area contributed by atoms with Gasteiger partial charge in [0.1, 0.15) is 0 Å². The van der Waals surface area contributed by atoms with Crippen molar-refractivity contribution in [3.63, 3.8) is 0 Å². The summed E-state index contributed by atoms with van der Waals surface area (Å²) in [4.78, 5) is 0.413. The molecule has 0 spiro atoms. The first kappa shape index (κ1) is 16.5. The number of rotatable bonds is 6. The quantitative estimate of drug-likeness (QED) is 0.849. The van der Waals surface area contributed by atoms with Gasteiger partial charge in [0, 0.05) is 13.1 Å². The number of hydrogen-bond acceptors (Lipinski definition) is 3. The number of hydrogen-bond donors (Lipinski definition) is 2. The van der Waals surface area contributed by atoms with Gasteiger partial charge in [-0.2, -0.15) is 0 Å². The lowest BCUT2D eigenvalue weighted by atomic mass is 10.1. The first-order valence-corrected chi connectivity index (χ1v) is 9.16. The Morgan fingerprint density at radius 1 is 1.14 bits per heavy atom. The van der Waals surface area contributed by atoms with E-state index in [1.807, 2.05) is 27.0 Å². The van der Waals surface area contributed by atoms with Crippen molar-refractivity contribution in [1.82, 2.24) is 10.0 Å². The first-order chi connectivity index (χ1) is 9.94. The molecule has 0 aliphatic heterocycles. The summed E-state index contributed by atoms with van der Waals surface area (Å²) in [5, 5.41) is 3.08. The van der Waals surface area contributed by atoms with Crippen LogP contribution in [0.1, 0.15) is 42.4 Å². The molecule has 1 aromatic carbocycles. The molecule has 21 heavy (non-hydrogen) atoms. The summed E-state index contributed by atoms with van der Waals surface area (Å²) < 4.78 is 27.9. The van der Waals surface area contributed by atoms with Gasteiger partial charge in [-0.3, -0.25) is 0 Å². The molecule has 1 aliphatic rings. The smallest absolute Gasteiger partial charge is 0.240 e. The fourth-order valence-electron chi connectivity index (χ4n) is 3.06. The molecule has 0 aromatic heterocycles. The highest BCUT2D eigenvalue weighted by molar-refractivity contribution is 7.89. The molecule has 1 fully saturated rings. The van der Waals surface area contributed by atoms with Crippen LogP contribution < -0.4 is 10.0 Å². The summed E-state index contributed by atoms with van der Waals surface area (Å²) >= 11 is 0. The van der Waals surface area contributed by atoms with Gasteiger partial charge >= 0.3 is 0 Å². The minimum Gasteiger partial charge on any atom is -0.316 e. The summed E-state index contributed by atoms with van der Waals surface area (Å²) in [7, 11) is -1.55. The zero-order valence-corrected chi connectivity index (χ0v) is 14.0. The van der Waals surface area contributed by atoms with Crippen molar-refractivity contribution < 1.29 is 8.42 Å². The Bertz CT molecular complexity index is 591. The van der Waals surface area contributed by atoms with Crippen LogP contribution in [0, 0.1) is 19.8 Å². The molecule has 0 saturated heterocycles. The standard InChI is InChI=1S/C16H26N2O2S/c1-12-8-13(2)16(9-15(12)11-17-3)21(19,20)18-10-14-6-4-5-7-14/h8-9,14,17-18H,4-7,10-11H2,1-3H3. The van der Waals surface area contributed by atoms with Crippen LogP contribution in [0.5, 0.6) is 0 Å². The van der Waals surface area contributed by atoms with Gasteiger partial charge < -0.3 is 5.32 Å². The third-order valence-corrected chi connectivity index (χ3v) is 5.89. The highest BCUT2D eigenvalue weighted by atomic mass is 32.2. The van der Waals surface area contributed by atoms with E-state index < -0.39 is 10.0 Å². The second-order valence-corrected chi connectivity index (χ2v) is 7.81. The van der Waals surface area contributed by atoms with Crippen molar-refractivity contribution in [3.05, 3.63) is 28.8 Å². The lowest BCUT2D eigenvalue weighted by molar-refractivity contribution is 0.519. The molecule has 1 aliphatic carbocycles. The monoisotopic (exact) mass is 310 g/mol. The zero-order valence-electron chi connectivity index (χ0n) is 13.2. The molecule has 0 unspecified atom stereocenters. The van der Waals surface area contributed by atoms with Crippen molar-refractivity contribution in [1.29, 1.82) is 0 Å². The van der Waals surface area contributed by atoms with Crippen LogP contribution in [0.4, 0.5) is 0 Å². The van der Waals surface area contributed by atoms with E-state index in [1.54, 1.807) is 6.07 Å². The molecule has 2 N–H and O–H groups in total. The summed E-state index contributed by atoms with van der Waals surface area (Å²) in [5.74, 6) is 0.502. The maximum atomic E-state index is 12.5. The molecular weight excluding hydrogens is 284 g/mol. The Kier molecular flexibility index (Phi) is 5.41. The second-order valence-electron chi connectivity index (χ2n) is 6.08. The molecule has 0 atom stereocenters. The Morgan fingerprint density at radius 3 is 2.43 bits per heavy atom. The third-order valence-electron chi connectivity index (χ3n) is 4.33. The van der Waals surface area contributed by atoms with Crippen molar-refractivity contribution in [2.45, 2.75) is 51.0 Å². The topological polar surface area (TPSA) is 58.2 Å². The fourth-order valence-corrected chi connectivity index (χ4v) is 4.46. The van der Waals surface area contributed by atoms with Crippen LogP contribution in [0.2, 0.25) is 0 Å². The normalized spacial score (nSPS) is 16.5. The molecule has 1 saturated carbocycles. The minimum atomic E-state index is -3.41. The number of aryl methyl sites for hydroxylation is 2. The van der Waals surface area contributed by atoms with E-state index in [1.165, 1.54) is 12.8 Å². The van der Waals surface area contributed by atoms with Crippen LogP contribution in [0.3, 0.4) is 0 Å². The molecule has 0 radical (unpaired) electrons. The van der Waals surface area contributed by atoms with Crippen molar-refractivity contribution in [2.24, 2.45) is 5.92 Å². The molecule has 0 heterocycles. The Labute approximate surface area is 128 Å². The lowest BCUT2D eigenvalue weighted by Gasteiger charge is -2.15. The van der Waals surface area contributed by atoms with Gasteiger partial charge in [0.15, 0.2) is 0 Å². The van der Waals surface area contributed by atoms with Gasteiger partial charge in [-0.25, -0.2) is 13.1 Å². The van der Waals surface area contributed by atoms with Crippen molar-refractivity contribution in [3.8, 4) is 0 Å². The summed E-state index contributed by atoms with van der Waals surface area (Å²) in [6.45, 7) is 5.12. The molecule has 0 amide bonds. The van der Waals surface area contributed by atoms with Gasteiger partial charge in [-0.15, -0.1) is 0 Å². The minimum absolute atomic E-state index is 0.413. The molecule has 4 nitrogen and oxygen atoms in total. The molecule has 118 valence electrons. The molecule has 0 bridgehead atoms. The van der Waals surface area contributed by atoms with Crippen molar-refractivity contribution in [2.75, 3.05) is 13.6 Å². The van der Waals surface area contributed by atoms with Gasteiger partial charge in [0.2, 0.25) is 10.0 Å². The van der Waals surface area contributed by atoms with Crippen LogP contribution in [-0.4, -0.2) is 22.0 Å². The Balaban J connectivity index is 2.19.